The molecular formula is C19H29N3O2. The lowest BCUT2D eigenvalue weighted by Gasteiger charge is -2.33. The summed E-state index contributed by atoms with van der Waals surface area (Å²) in [5, 5.41) is 2.93. The van der Waals surface area contributed by atoms with Crippen molar-refractivity contribution in [3.05, 3.63) is 45.4 Å². The minimum Gasteiger partial charge on any atom is -0.352 e. The van der Waals surface area contributed by atoms with Crippen molar-refractivity contribution >= 4 is 5.91 Å². The molecule has 1 amide bonds. The Labute approximate surface area is 144 Å². The molecule has 0 saturated carbocycles. The second-order valence-corrected chi connectivity index (χ2v) is 6.80. The van der Waals surface area contributed by atoms with Crippen LogP contribution in [0.1, 0.15) is 49.2 Å². The minimum absolute atomic E-state index is 0.190. The van der Waals surface area contributed by atoms with Crippen LogP contribution in [0.25, 0.3) is 0 Å². The molecule has 2 N–H and O–H groups in total. The number of nitrogens with zero attached hydrogens (tertiary/aromatic N) is 1. The number of hydrogen-bond donors (Lipinski definition) is 2. The summed E-state index contributed by atoms with van der Waals surface area (Å²) in [5.74, 6) is 0.164. The van der Waals surface area contributed by atoms with E-state index in [1.54, 1.807) is 19.1 Å². The molecule has 1 unspecified atom stereocenters. The first kappa shape index (κ1) is 18.5. The molecule has 1 aliphatic rings. The Morgan fingerprint density at radius 3 is 2.96 bits per heavy atom. The van der Waals surface area contributed by atoms with E-state index in [2.05, 4.69) is 35.1 Å². The molecule has 1 fully saturated rings. The summed E-state index contributed by atoms with van der Waals surface area (Å²) < 4.78 is 0. The van der Waals surface area contributed by atoms with Crippen molar-refractivity contribution in [2.75, 3.05) is 26.2 Å². The van der Waals surface area contributed by atoms with Crippen molar-refractivity contribution in [2.24, 2.45) is 5.92 Å². The first-order valence-corrected chi connectivity index (χ1v) is 8.85. The van der Waals surface area contributed by atoms with Crippen LogP contribution < -0.4 is 10.9 Å². The number of carbonyl (C=O) groups is 1. The molecule has 1 atom stereocenters. The molecule has 0 spiro atoms. The van der Waals surface area contributed by atoms with Crippen molar-refractivity contribution in [2.45, 2.75) is 40.0 Å². The third-order valence-electron chi connectivity index (χ3n) is 4.48. The number of rotatable bonds is 6. The maximum atomic E-state index is 12.2. The zero-order valence-corrected chi connectivity index (χ0v) is 15.0. The zero-order chi connectivity index (χ0) is 17.5. The molecule has 0 radical (unpaired) electrons. The predicted octanol–water partition coefficient (Wildman–Crippen LogP) is 2.48. The summed E-state index contributed by atoms with van der Waals surface area (Å²) >= 11 is 0. The lowest BCUT2D eigenvalue weighted by Crippen LogP contribution is -2.42. The van der Waals surface area contributed by atoms with Crippen LogP contribution in [0.4, 0.5) is 0 Å². The van der Waals surface area contributed by atoms with Crippen LogP contribution in [0.5, 0.6) is 0 Å². The fourth-order valence-corrected chi connectivity index (χ4v) is 3.31. The van der Waals surface area contributed by atoms with Crippen LogP contribution in [0, 0.1) is 12.8 Å². The highest BCUT2D eigenvalue weighted by Crippen LogP contribution is 2.17. The van der Waals surface area contributed by atoms with Gasteiger partial charge in [0.05, 0.1) is 0 Å². The van der Waals surface area contributed by atoms with E-state index in [1.807, 2.05) is 0 Å². The van der Waals surface area contributed by atoms with Gasteiger partial charge in [0.2, 0.25) is 0 Å². The van der Waals surface area contributed by atoms with Crippen LogP contribution >= 0.6 is 0 Å². The normalized spacial score (nSPS) is 19.3. The van der Waals surface area contributed by atoms with E-state index < -0.39 is 0 Å². The van der Waals surface area contributed by atoms with Crippen LogP contribution in [-0.2, 0) is 0 Å². The van der Waals surface area contributed by atoms with Crippen molar-refractivity contribution in [1.29, 1.82) is 0 Å². The molecule has 24 heavy (non-hydrogen) atoms. The van der Waals surface area contributed by atoms with Crippen molar-refractivity contribution in [1.82, 2.24) is 15.2 Å². The van der Waals surface area contributed by atoms with E-state index in [1.165, 1.54) is 5.57 Å². The number of aromatic amines is 1. The zero-order valence-electron chi connectivity index (χ0n) is 15.0. The van der Waals surface area contributed by atoms with Gasteiger partial charge in [-0.05, 0) is 57.7 Å². The van der Waals surface area contributed by atoms with E-state index in [-0.39, 0.29) is 17.0 Å². The van der Waals surface area contributed by atoms with Crippen LogP contribution in [-0.4, -0.2) is 42.0 Å². The highest BCUT2D eigenvalue weighted by Gasteiger charge is 2.21. The number of allylic oxidation sites excluding steroid dienone is 1. The van der Waals surface area contributed by atoms with E-state index in [4.69, 9.17) is 0 Å². The Balaban J connectivity index is 1.86. The fraction of sp³-hybridized carbons (Fsp3) is 0.579. The topological polar surface area (TPSA) is 65.2 Å². The summed E-state index contributed by atoms with van der Waals surface area (Å²) in [6, 6.07) is 3.34. The second kappa shape index (κ2) is 8.83. The van der Waals surface area contributed by atoms with Gasteiger partial charge in [0.1, 0.15) is 5.56 Å². The smallest absolute Gasteiger partial charge is 0.260 e. The molecule has 1 aromatic rings. The van der Waals surface area contributed by atoms with Crippen LogP contribution in [0.3, 0.4) is 0 Å². The van der Waals surface area contributed by atoms with Gasteiger partial charge in [-0.25, -0.2) is 0 Å². The van der Waals surface area contributed by atoms with Gasteiger partial charge in [-0.15, -0.1) is 0 Å². The molecule has 5 nitrogen and oxygen atoms in total. The number of pyridine rings is 1. The highest BCUT2D eigenvalue weighted by atomic mass is 16.2. The Bertz CT molecular complexity index is 648. The van der Waals surface area contributed by atoms with Gasteiger partial charge >= 0.3 is 0 Å². The predicted molar refractivity (Wildman–Crippen MR) is 97.3 cm³/mol. The number of hydrogen-bond acceptors (Lipinski definition) is 3. The SMILES string of the molecule is CC/C=C(\C)CN1CCCC(CNC(=O)c2ccc(C)[nH]c2=O)C1. The first-order chi connectivity index (χ1) is 11.5. The van der Waals surface area contributed by atoms with Gasteiger partial charge in [-0.2, -0.15) is 0 Å². The van der Waals surface area contributed by atoms with Gasteiger partial charge in [0.25, 0.3) is 11.5 Å². The highest BCUT2D eigenvalue weighted by molar-refractivity contribution is 5.93. The summed E-state index contributed by atoms with van der Waals surface area (Å²) in [7, 11) is 0. The molecule has 2 rings (SSSR count). The molecular weight excluding hydrogens is 302 g/mol. The van der Waals surface area contributed by atoms with Gasteiger partial charge < -0.3 is 10.3 Å². The van der Waals surface area contributed by atoms with Gasteiger partial charge in [-0.3, -0.25) is 14.5 Å². The average Bonchev–Trinajstić information content (AvgIpc) is 2.53. The molecule has 5 heteroatoms. The number of H-pyrrole nitrogens is 1. The van der Waals surface area contributed by atoms with Crippen molar-refractivity contribution < 1.29 is 4.79 Å². The molecule has 132 valence electrons. The van der Waals surface area contributed by atoms with Gasteiger partial charge in [-0.1, -0.05) is 18.6 Å². The summed E-state index contributed by atoms with van der Waals surface area (Å²) in [4.78, 5) is 29.2. The molecule has 0 aliphatic carbocycles. The average molecular weight is 331 g/mol. The Hall–Kier alpha value is -1.88. The fourth-order valence-electron chi connectivity index (χ4n) is 3.31. The number of amides is 1. The maximum absolute atomic E-state index is 12.2. The van der Waals surface area contributed by atoms with Crippen molar-refractivity contribution in [3.63, 3.8) is 0 Å². The Kier molecular flexibility index (Phi) is 6.79. The molecule has 1 saturated heterocycles. The molecule has 0 bridgehead atoms. The third kappa shape index (κ3) is 5.34. The van der Waals surface area contributed by atoms with E-state index in [9.17, 15) is 9.59 Å². The molecule has 2 heterocycles. The van der Waals surface area contributed by atoms with E-state index in [0.717, 1.165) is 44.6 Å². The summed E-state index contributed by atoms with van der Waals surface area (Å²) in [6.45, 7) is 9.89. The van der Waals surface area contributed by atoms with Gasteiger partial charge in [0.15, 0.2) is 0 Å². The number of piperidine rings is 1. The van der Waals surface area contributed by atoms with Crippen molar-refractivity contribution in [3.8, 4) is 0 Å². The van der Waals surface area contributed by atoms with E-state index in [0.29, 0.717) is 12.5 Å². The summed E-state index contributed by atoms with van der Waals surface area (Å²) in [5.41, 5.74) is 2.04. The van der Waals surface area contributed by atoms with E-state index >= 15 is 0 Å². The second-order valence-electron chi connectivity index (χ2n) is 6.80. The molecule has 0 aromatic carbocycles. The number of aromatic nitrogens is 1. The standard InChI is InChI=1S/C19H29N3O2/c1-4-6-14(2)12-22-10-5-7-16(13-22)11-20-18(23)17-9-8-15(3)21-19(17)24/h6,8-9,16H,4-5,7,10-13H2,1-3H3,(H,20,23)(H,21,24)/b14-6+. The first-order valence-electron chi connectivity index (χ1n) is 8.85. The number of nitrogens with one attached hydrogen (secondary N) is 2. The largest absolute Gasteiger partial charge is 0.352 e. The lowest BCUT2D eigenvalue weighted by atomic mass is 9.97. The summed E-state index contributed by atoms with van der Waals surface area (Å²) in [6.07, 6.45) is 5.63. The number of aryl methyl sites for hydroxylation is 1. The van der Waals surface area contributed by atoms with Gasteiger partial charge in [0, 0.05) is 25.3 Å². The Morgan fingerprint density at radius 1 is 1.46 bits per heavy atom. The monoisotopic (exact) mass is 331 g/mol. The molecule has 1 aromatic heterocycles. The number of likely N-dealkylation sites (tertiary alicyclic amines) is 1. The third-order valence-corrected chi connectivity index (χ3v) is 4.48. The molecule has 1 aliphatic heterocycles. The maximum Gasteiger partial charge on any atom is 0.260 e. The number of carbonyl (C=O) groups excluding carboxylic acids is 1. The van der Waals surface area contributed by atoms with Crippen LogP contribution in [0.15, 0.2) is 28.6 Å². The Morgan fingerprint density at radius 2 is 2.25 bits per heavy atom. The van der Waals surface area contributed by atoms with Crippen LogP contribution in [0.2, 0.25) is 0 Å². The lowest BCUT2D eigenvalue weighted by molar-refractivity contribution is 0.0932. The quantitative estimate of drug-likeness (QED) is 0.787. The minimum atomic E-state index is -0.321.